The first-order valence-electron chi connectivity index (χ1n) is 6.57. The Morgan fingerprint density at radius 3 is 3.00 bits per heavy atom. The van der Waals surface area contributed by atoms with E-state index >= 15 is 0 Å². The van der Waals surface area contributed by atoms with Crippen LogP contribution in [0.4, 0.5) is 0 Å². The molecule has 0 saturated carbocycles. The van der Waals surface area contributed by atoms with Crippen LogP contribution in [0, 0.1) is 0 Å². The Bertz CT molecular complexity index is 545. The van der Waals surface area contributed by atoms with Gasteiger partial charge in [-0.2, -0.15) is 0 Å². The van der Waals surface area contributed by atoms with Crippen LogP contribution in [0.25, 0.3) is 11.1 Å². The maximum absolute atomic E-state index is 5.81. The van der Waals surface area contributed by atoms with E-state index in [9.17, 15) is 0 Å². The van der Waals surface area contributed by atoms with Crippen molar-refractivity contribution in [1.29, 1.82) is 0 Å². The first-order chi connectivity index (χ1) is 8.75. The second-order valence-electron chi connectivity index (χ2n) is 4.95. The summed E-state index contributed by atoms with van der Waals surface area (Å²) in [5.41, 5.74) is 4.01. The number of hydrogen-bond donors (Lipinski definition) is 0. The number of hydrogen-bond acceptors (Lipinski definition) is 2. The van der Waals surface area contributed by atoms with Crippen LogP contribution in [0.5, 0.6) is 0 Å². The van der Waals surface area contributed by atoms with Gasteiger partial charge in [-0.15, -0.1) is 11.3 Å². The largest absolute Gasteiger partial charge is 0.498 e. The summed E-state index contributed by atoms with van der Waals surface area (Å²) < 4.78 is 5.81. The fourth-order valence-corrected chi connectivity index (χ4v) is 3.61. The molecule has 0 aromatic carbocycles. The molecule has 1 nitrogen and oxygen atoms in total. The molecule has 0 bridgehead atoms. The van der Waals surface area contributed by atoms with Crippen LogP contribution >= 0.6 is 11.3 Å². The molecule has 2 heteroatoms. The molecule has 2 heterocycles. The van der Waals surface area contributed by atoms with Crippen LogP contribution in [0.2, 0.25) is 0 Å². The highest BCUT2D eigenvalue weighted by atomic mass is 32.1. The van der Waals surface area contributed by atoms with Crippen molar-refractivity contribution in [2.24, 2.45) is 0 Å². The Morgan fingerprint density at radius 1 is 1.33 bits per heavy atom. The fourth-order valence-electron chi connectivity index (χ4n) is 2.61. The smallest absolute Gasteiger partial charge is 0.100 e. The van der Waals surface area contributed by atoms with Gasteiger partial charge in [0.1, 0.15) is 5.76 Å². The lowest BCUT2D eigenvalue weighted by Gasteiger charge is -2.26. The molecule has 0 N–H and O–H groups in total. The molecule has 0 radical (unpaired) electrons. The topological polar surface area (TPSA) is 9.23 Å². The van der Waals surface area contributed by atoms with E-state index in [0.717, 1.165) is 31.4 Å². The molecular formula is C16H18OS. The average Bonchev–Trinajstić information content (AvgIpc) is 2.87. The third kappa shape index (κ3) is 2.05. The standard InChI is InChI=1S/C16H18OS/c1-11(2)15-8-9-16(18-15)13-5-3-7-14-12(13)6-4-10-17-14/h5,8-9H,1,3-4,6-7,10H2,2H3. The van der Waals surface area contributed by atoms with E-state index in [1.807, 2.05) is 11.3 Å². The first-order valence-corrected chi connectivity index (χ1v) is 7.39. The van der Waals surface area contributed by atoms with Crippen molar-refractivity contribution in [2.45, 2.75) is 32.6 Å². The van der Waals surface area contributed by atoms with Crippen LogP contribution in [-0.2, 0) is 4.74 Å². The Balaban J connectivity index is 1.97. The summed E-state index contributed by atoms with van der Waals surface area (Å²) in [6.45, 7) is 6.98. The molecule has 0 amide bonds. The van der Waals surface area contributed by atoms with E-state index in [4.69, 9.17) is 4.74 Å². The highest BCUT2D eigenvalue weighted by Crippen LogP contribution is 2.40. The summed E-state index contributed by atoms with van der Waals surface area (Å²) >= 11 is 1.85. The Hall–Kier alpha value is -1.28. The molecule has 2 aliphatic rings. The highest BCUT2D eigenvalue weighted by molar-refractivity contribution is 7.14. The molecule has 0 unspecified atom stereocenters. The lowest BCUT2D eigenvalue weighted by molar-refractivity contribution is 0.179. The number of allylic oxidation sites excluding steroid dienone is 5. The Labute approximate surface area is 112 Å². The van der Waals surface area contributed by atoms with E-state index in [2.05, 4.69) is 31.7 Å². The highest BCUT2D eigenvalue weighted by Gasteiger charge is 2.22. The van der Waals surface area contributed by atoms with Crippen LogP contribution in [0.15, 0.2) is 36.1 Å². The Kier molecular flexibility index (Phi) is 3.13. The molecule has 1 aliphatic heterocycles. The second-order valence-corrected chi connectivity index (χ2v) is 6.04. The second kappa shape index (κ2) is 4.77. The van der Waals surface area contributed by atoms with Gasteiger partial charge >= 0.3 is 0 Å². The molecule has 1 aromatic heterocycles. The molecule has 94 valence electrons. The predicted molar refractivity (Wildman–Crippen MR) is 78.5 cm³/mol. The van der Waals surface area contributed by atoms with Gasteiger partial charge in [0.25, 0.3) is 0 Å². The van der Waals surface area contributed by atoms with Crippen LogP contribution in [-0.4, -0.2) is 6.61 Å². The molecule has 1 aliphatic carbocycles. The van der Waals surface area contributed by atoms with E-state index in [0.29, 0.717) is 0 Å². The minimum absolute atomic E-state index is 0.896. The maximum Gasteiger partial charge on any atom is 0.100 e. The quantitative estimate of drug-likeness (QED) is 0.723. The maximum atomic E-state index is 5.81. The van der Waals surface area contributed by atoms with E-state index in [1.54, 1.807) is 0 Å². The lowest BCUT2D eigenvalue weighted by Crippen LogP contribution is -2.10. The summed E-state index contributed by atoms with van der Waals surface area (Å²) in [4.78, 5) is 2.65. The lowest BCUT2D eigenvalue weighted by atomic mass is 9.90. The number of ether oxygens (including phenoxy) is 1. The van der Waals surface area contributed by atoms with E-state index < -0.39 is 0 Å². The zero-order chi connectivity index (χ0) is 12.5. The van der Waals surface area contributed by atoms with Gasteiger partial charge in [-0.25, -0.2) is 0 Å². The summed E-state index contributed by atoms with van der Waals surface area (Å²) in [6.07, 6.45) is 6.88. The van der Waals surface area contributed by atoms with Crippen molar-refractivity contribution in [1.82, 2.24) is 0 Å². The zero-order valence-corrected chi connectivity index (χ0v) is 11.6. The van der Waals surface area contributed by atoms with Gasteiger partial charge in [0.2, 0.25) is 0 Å². The van der Waals surface area contributed by atoms with Crippen molar-refractivity contribution in [2.75, 3.05) is 6.61 Å². The fraction of sp³-hybridized carbons (Fsp3) is 0.375. The SMILES string of the molecule is C=C(C)c1ccc(C2=CCCC3=C2CCCO3)s1. The molecule has 0 saturated heterocycles. The van der Waals surface area contributed by atoms with Crippen LogP contribution in [0.1, 0.15) is 42.4 Å². The third-order valence-corrected chi connectivity index (χ3v) is 4.80. The van der Waals surface area contributed by atoms with Gasteiger partial charge in [-0.3, -0.25) is 0 Å². The number of thiophene rings is 1. The van der Waals surface area contributed by atoms with Crippen molar-refractivity contribution < 1.29 is 4.74 Å². The third-order valence-electron chi connectivity index (χ3n) is 3.52. The molecule has 0 spiro atoms. The molecule has 3 rings (SSSR count). The van der Waals surface area contributed by atoms with Gasteiger partial charge in [0, 0.05) is 16.2 Å². The van der Waals surface area contributed by atoms with Gasteiger partial charge in [0.05, 0.1) is 6.61 Å². The molecule has 1 aromatic rings. The van der Waals surface area contributed by atoms with Gasteiger partial charge in [0.15, 0.2) is 0 Å². The summed E-state index contributed by atoms with van der Waals surface area (Å²) in [5.74, 6) is 1.24. The van der Waals surface area contributed by atoms with Crippen molar-refractivity contribution in [3.05, 3.63) is 45.9 Å². The van der Waals surface area contributed by atoms with Gasteiger partial charge < -0.3 is 4.74 Å². The van der Waals surface area contributed by atoms with Gasteiger partial charge in [-0.05, 0) is 55.0 Å². The van der Waals surface area contributed by atoms with Crippen LogP contribution < -0.4 is 0 Å². The van der Waals surface area contributed by atoms with Gasteiger partial charge in [-0.1, -0.05) is 12.7 Å². The number of rotatable bonds is 2. The van der Waals surface area contributed by atoms with Crippen molar-refractivity contribution >= 4 is 22.5 Å². The summed E-state index contributed by atoms with van der Waals surface area (Å²) in [6, 6.07) is 4.41. The van der Waals surface area contributed by atoms with Crippen LogP contribution in [0.3, 0.4) is 0 Å². The molecule has 0 atom stereocenters. The summed E-state index contributed by atoms with van der Waals surface area (Å²) in [5, 5.41) is 0. The zero-order valence-electron chi connectivity index (χ0n) is 10.8. The first kappa shape index (κ1) is 11.8. The van der Waals surface area contributed by atoms with E-state index in [1.165, 1.54) is 33.1 Å². The monoisotopic (exact) mass is 258 g/mol. The summed E-state index contributed by atoms with van der Waals surface area (Å²) in [7, 11) is 0. The molecule has 0 fully saturated rings. The van der Waals surface area contributed by atoms with E-state index in [-0.39, 0.29) is 0 Å². The van der Waals surface area contributed by atoms with Crippen molar-refractivity contribution in [3.63, 3.8) is 0 Å². The molecular weight excluding hydrogens is 240 g/mol. The molecule has 18 heavy (non-hydrogen) atoms. The average molecular weight is 258 g/mol. The Morgan fingerprint density at radius 2 is 2.22 bits per heavy atom. The predicted octanol–water partition coefficient (Wildman–Crippen LogP) is 5.02. The van der Waals surface area contributed by atoms with Crippen molar-refractivity contribution in [3.8, 4) is 0 Å². The minimum Gasteiger partial charge on any atom is -0.498 e. The minimum atomic E-state index is 0.896. The normalized spacial score (nSPS) is 19.1.